The molecule has 0 bridgehead atoms. The van der Waals surface area contributed by atoms with Crippen LogP contribution in [-0.2, 0) is 18.4 Å². The highest BCUT2D eigenvalue weighted by Crippen LogP contribution is 2.21. The van der Waals surface area contributed by atoms with Gasteiger partial charge < -0.3 is 9.36 Å². The van der Waals surface area contributed by atoms with Crippen molar-refractivity contribution in [3.63, 3.8) is 0 Å². The first-order valence-electron chi connectivity index (χ1n) is 6.12. The van der Waals surface area contributed by atoms with E-state index in [0.29, 0.717) is 0 Å². The Morgan fingerprint density at radius 1 is 1.59 bits per heavy atom. The lowest BCUT2D eigenvalue weighted by Gasteiger charge is -2.28. The Hall–Kier alpha value is -1.16. The van der Waals surface area contributed by atoms with E-state index < -0.39 is 0 Å². The fraction of sp³-hybridized carbons (Fsp3) is 0.692. The van der Waals surface area contributed by atoms with Crippen LogP contribution in [0.1, 0.15) is 32.5 Å². The molecule has 0 fully saturated rings. The van der Waals surface area contributed by atoms with Crippen LogP contribution in [0.25, 0.3) is 0 Å². The largest absolute Gasteiger partial charge is 0.337 e. The molecule has 0 saturated heterocycles. The quantitative estimate of drug-likeness (QED) is 0.679. The van der Waals surface area contributed by atoms with Crippen LogP contribution < -0.4 is 0 Å². The number of imidazole rings is 1. The number of aldehydes is 1. The summed E-state index contributed by atoms with van der Waals surface area (Å²) in [7, 11) is 4.02. The van der Waals surface area contributed by atoms with E-state index in [0.717, 1.165) is 38.0 Å². The molecule has 96 valence electrons. The van der Waals surface area contributed by atoms with Crippen molar-refractivity contribution in [3.05, 3.63) is 18.2 Å². The second-order valence-electron chi connectivity index (χ2n) is 5.15. The van der Waals surface area contributed by atoms with Crippen LogP contribution in [0, 0.1) is 5.41 Å². The van der Waals surface area contributed by atoms with Gasteiger partial charge >= 0.3 is 0 Å². The zero-order valence-corrected chi connectivity index (χ0v) is 11.3. The summed E-state index contributed by atoms with van der Waals surface area (Å²) in [5, 5.41) is 0. The molecule has 1 heterocycles. The Balaban J connectivity index is 2.56. The van der Waals surface area contributed by atoms with Crippen molar-refractivity contribution in [1.82, 2.24) is 14.5 Å². The summed E-state index contributed by atoms with van der Waals surface area (Å²) in [5.74, 6) is 1.03. The first-order valence-corrected chi connectivity index (χ1v) is 6.12. The molecular formula is C13H23N3O. The molecule has 1 aromatic rings. The summed E-state index contributed by atoms with van der Waals surface area (Å²) in [6.07, 6.45) is 6.79. The van der Waals surface area contributed by atoms with Gasteiger partial charge in [-0.1, -0.05) is 20.3 Å². The molecule has 4 nitrogen and oxygen atoms in total. The van der Waals surface area contributed by atoms with Crippen LogP contribution >= 0.6 is 0 Å². The third-order valence-electron chi connectivity index (χ3n) is 3.07. The molecule has 0 N–H and O–H groups in total. The maximum Gasteiger partial charge on any atom is 0.127 e. The molecule has 1 rings (SSSR count). The Kier molecular flexibility index (Phi) is 4.87. The first-order chi connectivity index (χ1) is 8.00. The topological polar surface area (TPSA) is 38.1 Å². The maximum atomic E-state index is 11.2. The van der Waals surface area contributed by atoms with Gasteiger partial charge in [-0.2, -0.15) is 0 Å². The molecule has 1 unspecified atom stereocenters. The molecule has 0 saturated carbocycles. The number of hydrogen-bond donors (Lipinski definition) is 0. The molecule has 1 atom stereocenters. The molecule has 4 heteroatoms. The van der Waals surface area contributed by atoms with Gasteiger partial charge in [-0.15, -0.1) is 0 Å². The molecular weight excluding hydrogens is 214 g/mol. The number of nitrogens with zero attached hydrogens (tertiary/aromatic N) is 3. The van der Waals surface area contributed by atoms with Crippen molar-refractivity contribution in [1.29, 1.82) is 0 Å². The van der Waals surface area contributed by atoms with E-state index >= 15 is 0 Å². The van der Waals surface area contributed by atoms with Gasteiger partial charge in [0.05, 0.1) is 6.54 Å². The number of aryl methyl sites for hydroxylation is 1. The maximum absolute atomic E-state index is 11.2. The summed E-state index contributed by atoms with van der Waals surface area (Å²) in [6, 6.07) is 0. The number of aromatic nitrogens is 2. The highest BCUT2D eigenvalue weighted by Gasteiger charge is 2.24. The fourth-order valence-electron chi connectivity index (χ4n) is 2.21. The summed E-state index contributed by atoms with van der Waals surface area (Å²) in [4.78, 5) is 17.6. The van der Waals surface area contributed by atoms with Crippen molar-refractivity contribution in [2.24, 2.45) is 12.5 Å². The van der Waals surface area contributed by atoms with Crippen molar-refractivity contribution >= 4 is 6.29 Å². The van der Waals surface area contributed by atoms with Gasteiger partial charge in [-0.05, 0) is 13.5 Å². The van der Waals surface area contributed by atoms with Crippen molar-refractivity contribution in [2.75, 3.05) is 13.6 Å². The smallest absolute Gasteiger partial charge is 0.127 e. The molecule has 0 aromatic carbocycles. The molecule has 0 spiro atoms. The highest BCUT2D eigenvalue weighted by atomic mass is 16.1. The fourth-order valence-corrected chi connectivity index (χ4v) is 2.21. The van der Waals surface area contributed by atoms with Crippen molar-refractivity contribution in [3.8, 4) is 0 Å². The molecule has 0 aliphatic carbocycles. The van der Waals surface area contributed by atoms with E-state index in [9.17, 15) is 4.79 Å². The summed E-state index contributed by atoms with van der Waals surface area (Å²) >= 11 is 0. The van der Waals surface area contributed by atoms with E-state index in [1.54, 1.807) is 6.20 Å². The van der Waals surface area contributed by atoms with Gasteiger partial charge in [0.1, 0.15) is 12.1 Å². The van der Waals surface area contributed by atoms with E-state index in [1.807, 2.05) is 31.8 Å². The summed E-state index contributed by atoms with van der Waals surface area (Å²) in [5.41, 5.74) is -0.241. The van der Waals surface area contributed by atoms with Gasteiger partial charge in [0, 0.05) is 31.4 Å². The molecule has 0 amide bonds. The number of carbonyl (C=O) groups excluding carboxylic acids is 1. The molecule has 1 aromatic heterocycles. The molecule has 0 aliphatic rings. The lowest BCUT2D eigenvalue weighted by molar-refractivity contribution is -0.116. The first kappa shape index (κ1) is 13.9. The van der Waals surface area contributed by atoms with Gasteiger partial charge in [-0.3, -0.25) is 4.90 Å². The summed E-state index contributed by atoms with van der Waals surface area (Å²) in [6.45, 7) is 5.69. The van der Waals surface area contributed by atoms with E-state index in [1.165, 1.54) is 0 Å². The lowest BCUT2D eigenvalue weighted by Crippen LogP contribution is -2.34. The van der Waals surface area contributed by atoms with Crippen LogP contribution in [0.5, 0.6) is 0 Å². The Bertz CT molecular complexity index is 361. The van der Waals surface area contributed by atoms with Crippen molar-refractivity contribution in [2.45, 2.75) is 33.2 Å². The molecule has 0 radical (unpaired) electrons. The Labute approximate surface area is 104 Å². The number of hydrogen-bond acceptors (Lipinski definition) is 3. The highest BCUT2D eigenvalue weighted by molar-refractivity contribution is 5.58. The predicted octanol–water partition coefficient (Wildman–Crippen LogP) is 1.86. The lowest BCUT2D eigenvalue weighted by atomic mass is 9.87. The SMILES string of the molecule is CCCC(C)(C=O)CN(C)Cc1nccn1C. The van der Waals surface area contributed by atoms with Crippen LogP contribution in [0.4, 0.5) is 0 Å². The monoisotopic (exact) mass is 237 g/mol. The molecule has 17 heavy (non-hydrogen) atoms. The minimum Gasteiger partial charge on any atom is -0.337 e. The van der Waals surface area contributed by atoms with E-state index in [4.69, 9.17) is 0 Å². The van der Waals surface area contributed by atoms with Gasteiger partial charge in [0.25, 0.3) is 0 Å². The predicted molar refractivity (Wildman–Crippen MR) is 68.6 cm³/mol. The van der Waals surface area contributed by atoms with Crippen LogP contribution in [0.15, 0.2) is 12.4 Å². The van der Waals surface area contributed by atoms with Gasteiger partial charge in [0.15, 0.2) is 0 Å². The van der Waals surface area contributed by atoms with Crippen molar-refractivity contribution < 1.29 is 4.79 Å². The number of carbonyl (C=O) groups is 1. The number of rotatable bonds is 7. The van der Waals surface area contributed by atoms with E-state index in [2.05, 4.69) is 16.8 Å². The third-order valence-corrected chi connectivity index (χ3v) is 3.07. The van der Waals surface area contributed by atoms with Crippen LogP contribution in [0.3, 0.4) is 0 Å². The third kappa shape index (κ3) is 3.97. The normalized spacial score (nSPS) is 14.9. The Morgan fingerprint density at radius 3 is 2.76 bits per heavy atom. The average Bonchev–Trinajstić information content (AvgIpc) is 2.64. The zero-order chi connectivity index (χ0) is 12.9. The minimum atomic E-state index is -0.241. The van der Waals surface area contributed by atoms with Gasteiger partial charge in [0.2, 0.25) is 0 Å². The average molecular weight is 237 g/mol. The van der Waals surface area contributed by atoms with E-state index in [-0.39, 0.29) is 5.41 Å². The Morgan fingerprint density at radius 2 is 2.29 bits per heavy atom. The van der Waals surface area contributed by atoms with Crippen LogP contribution in [-0.4, -0.2) is 34.3 Å². The minimum absolute atomic E-state index is 0.241. The standard InChI is InChI=1S/C13H23N3O/c1-5-6-13(2,11-17)10-15(3)9-12-14-7-8-16(12)4/h7-8,11H,5-6,9-10H2,1-4H3. The summed E-state index contributed by atoms with van der Waals surface area (Å²) < 4.78 is 2.01. The molecule has 0 aliphatic heterocycles. The second-order valence-corrected chi connectivity index (χ2v) is 5.15. The van der Waals surface area contributed by atoms with Gasteiger partial charge in [-0.25, -0.2) is 4.98 Å². The zero-order valence-electron chi connectivity index (χ0n) is 11.3. The second kappa shape index (κ2) is 5.96. The van der Waals surface area contributed by atoms with Crippen LogP contribution in [0.2, 0.25) is 0 Å².